The summed E-state index contributed by atoms with van der Waals surface area (Å²) in [6, 6.07) is 6.33. The van der Waals surface area contributed by atoms with Gasteiger partial charge in [-0.25, -0.2) is 9.59 Å². The van der Waals surface area contributed by atoms with E-state index in [2.05, 4.69) is 46.4 Å². The summed E-state index contributed by atoms with van der Waals surface area (Å²) < 4.78 is 48.1. The highest BCUT2D eigenvalue weighted by Gasteiger charge is 2.31. The van der Waals surface area contributed by atoms with Crippen molar-refractivity contribution in [2.24, 2.45) is 0 Å². The number of carbonyl (C=O) groups excluding carboxylic acids is 1. The molecule has 0 radical (unpaired) electrons. The van der Waals surface area contributed by atoms with Crippen molar-refractivity contribution in [3.05, 3.63) is 57.6 Å². The molecular formula is C27H30Cl2F3N5O5S. The van der Waals surface area contributed by atoms with Gasteiger partial charge >= 0.3 is 18.1 Å². The van der Waals surface area contributed by atoms with Crippen LogP contribution >= 0.6 is 35.0 Å². The Bertz CT molecular complexity index is 1440. The third-order valence-electron chi connectivity index (χ3n) is 4.90. The minimum absolute atomic E-state index is 0.0246. The lowest BCUT2D eigenvalue weighted by molar-refractivity contribution is -0.146. The number of benzene rings is 2. The second-order valence-electron chi connectivity index (χ2n) is 9.65. The van der Waals surface area contributed by atoms with Crippen molar-refractivity contribution in [2.75, 3.05) is 23.4 Å². The SMILES string of the molecule is CCNc1nc(NC(C)(C)C)nc(SC)n1.C[C@H](OC(=O)c1cc(Oc2ccc(C(F)(F)F)cc2Cl)ccc1Cl)C(=O)O. The number of alkyl halides is 3. The van der Waals surface area contributed by atoms with Crippen molar-refractivity contribution in [3.8, 4) is 11.5 Å². The van der Waals surface area contributed by atoms with Crippen LogP contribution in [0.15, 0.2) is 41.6 Å². The molecule has 0 aliphatic carbocycles. The van der Waals surface area contributed by atoms with E-state index in [0.29, 0.717) is 18.0 Å². The van der Waals surface area contributed by atoms with Crippen LogP contribution < -0.4 is 15.4 Å². The predicted octanol–water partition coefficient (Wildman–Crippen LogP) is 7.67. The molecule has 1 atom stereocenters. The second-order valence-corrected chi connectivity index (χ2v) is 11.2. The number of hydrogen-bond donors (Lipinski definition) is 3. The first-order valence-corrected chi connectivity index (χ1v) is 14.5. The molecule has 1 aromatic heterocycles. The van der Waals surface area contributed by atoms with Crippen LogP contribution in [0.1, 0.15) is 50.5 Å². The fraction of sp³-hybridized carbons (Fsp3) is 0.370. The molecule has 3 rings (SSSR count). The summed E-state index contributed by atoms with van der Waals surface area (Å²) in [5.41, 5.74) is -1.17. The van der Waals surface area contributed by atoms with Crippen LogP contribution in [0.4, 0.5) is 25.1 Å². The minimum atomic E-state index is -4.56. The largest absolute Gasteiger partial charge is 0.479 e. The molecule has 0 spiro atoms. The summed E-state index contributed by atoms with van der Waals surface area (Å²) in [5.74, 6) is -1.15. The van der Waals surface area contributed by atoms with Crippen LogP contribution in [0.3, 0.4) is 0 Å². The molecule has 10 nitrogen and oxygen atoms in total. The number of aromatic nitrogens is 3. The van der Waals surface area contributed by atoms with Gasteiger partial charge in [0.05, 0.1) is 21.2 Å². The number of carboxylic acid groups (broad SMARTS) is 1. The molecular weight excluding hydrogens is 634 g/mol. The predicted molar refractivity (Wildman–Crippen MR) is 160 cm³/mol. The standard InChI is InChI=1S/C17H11Cl2F3O5.C10H19N5S/c1-8(15(23)24)26-16(25)11-7-10(3-4-12(11)18)27-14-5-2-9(6-13(14)19)17(20,21)22;1-6-11-7-12-8(15-10(2,3)4)14-9(13-7)16-5/h2-8H,1H3,(H,23,24);6H2,1-5H3,(H2,11,12,13,14,15)/t8-;/m0./s1. The average Bonchev–Trinajstić information content (AvgIpc) is 2.89. The highest BCUT2D eigenvalue weighted by atomic mass is 35.5. The lowest BCUT2D eigenvalue weighted by Crippen LogP contribution is -2.27. The van der Waals surface area contributed by atoms with E-state index in [1.807, 2.05) is 13.2 Å². The van der Waals surface area contributed by atoms with Crippen molar-refractivity contribution in [1.29, 1.82) is 0 Å². The Labute approximate surface area is 260 Å². The topological polar surface area (TPSA) is 136 Å². The van der Waals surface area contributed by atoms with Gasteiger partial charge in [-0.1, -0.05) is 35.0 Å². The van der Waals surface area contributed by atoms with Crippen LogP contribution in [0.25, 0.3) is 0 Å². The van der Waals surface area contributed by atoms with E-state index in [1.165, 1.54) is 23.9 Å². The first-order valence-electron chi connectivity index (χ1n) is 12.5. The molecule has 43 heavy (non-hydrogen) atoms. The minimum Gasteiger partial charge on any atom is -0.479 e. The van der Waals surface area contributed by atoms with E-state index in [4.69, 9.17) is 37.8 Å². The van der Waals surface area contributed by atoms with E-state index in [1.54, 1.807) is 0 Å². The van der Waals surface area contributed by atoms with Crippen molar-refractivity contribution >= 4 is 58.8 Å². The Hall–Kier alpha value is -3.49. The number of ether oxygens (including phenoxy) is 2. The smallest absolute Gasteiger partial charge is 0.416 e. The van der Waals surface area contributed by atoms with E-state index in [9.17, 15) is 22.8 Å². The van der Waals surface area contributed by atoms with Crippen LogP contribution in [0, 0.1) is 0 Å². The van der Waals surface area contributed by atoms with Gasteiger partial charge in [-0.15, -0.1) is 0 Å². The first-order chi connectivity index (χ1) is 19.9. The number of nitrogens with zero attached hydrogens (tertiary/aromatic N) is 3. The normalized spacial score (nSPS) is 12.0. The second kappa shape index (κ2) is 15.3. The van der Waals surface area contributed by atoms with E-state index >= 15 is 0 Å². The van der Waals surface area contributed by atoms with E-state index in [0.717, 1.165) is 36.8 Å². The molecule has 0 unspecified atom stereocenters. The van der Waals surface area contributed by atoms with Crippen molar-refractivity contribution < 1.29 is 37.3 Å². The van der Waals surface area contributed by atoms with Crippen molar-refractivity contribution in [3.63, 3.8) is 0 Å². The van der Waals surface area contributed by atoms with Crippen molar-refractivity contribution in [2.45, 2.75) is 57.6 Å². The summed E-state index contributed by atoms with van der Waals surface area (Å²) in [4.78, 5) is 35.7. The molecule has 0 aliphatic rings. The number of esters is 1. The van der Waals surface area contributed by atoms with Gasteiger partial charge in [-0.2, -0.15) is 28.1 Å². The van der Waals surface area contributed by atoms with Crippen molar-refractivity contribution in [1.82, 2.24) is 15.0 Å². The summed E-state index contributed by atoms with van der Waals surface area (Å²) in [5, 5.41) is 15.5. The molecule has 16 heteroatoms. The molecule has 234 valence electrons. The third kappa shape index (κ3) is 11.6. The summed E-state index contributed by atoms with van der Waals surface area (Å²) in [6.45, 7) is 10.2. The lowest BCUT2D eigenvalue weighted by atomic mass is 10.1. The zero-order valence-corrected chi connectivity index (χ0v) is 26.3. The Morgan fingerprint density at radius 2 is 1.67 bits per heavy atom. The number of nitrogens with one attached hydrogen (secondary N) is 2. The zero-order chi connectivity index (χ0) is 32.5. The van der Waals surface area contributed by atoms with Gasteiger partial charge in [0, 0.05) is 12.1 Å². The Balaban J connectivity index is 0.000000344. The zero-order valence-electron chi connectivity index (χ0n) is 24.0. The van der Waals surface area contributed by atoms with Crippen LogP contribution in [-0.2, 0) is 15.7 Å². The molecule has 0 bridgehead atoms. The molecule has 1 heterocycles. The maximum Gasteiger partial charge on any atom is 0.416 e. The fourth-order valence-corrected chi connectivity index (χ4v) is 3.73. The highest BCUT2D eigenvalue weighted by Crippen LogP contribution is 2.37. The van der Waals surface area contributed by atoms with Crippen LogP contribution in [-0.4, -0.2) is 56.4 Å². The third-order valence-corrected chi connectivity index (χ3v) is 6.07. The van der Waals surface area contributed by atoms with E-state index in [-0.39, 0.29) is 32.6 Å². The lowest BCUT2D eigenvalue weighted by Gasteiger charge is -2.20. The van der Waals surface area contributed by atoms with Crippen LogP contribution in [0.5, 0.6) is 11.5 Å². The number of carbonyl (C=O) groups is 2. The average molecular weight is 665 g/mol. The molecule has 2 aromatic carbocycles. The number of hydrogen-bond acceptors (Lipinski definition) is 10. The number of anilines is 2. The van der Waals surface area contributed by atoms with Gasteiger partial charge in [-0.3, -0.25) is 0 Å². The molecule has 0 fully saturated rings. The maximum atomic E-state index is 12.7. The van der Waals surface area contributed by atoms with Gasteiger partial charge in [0.2, 0.25) is 11.9 Å². The molecule has 0 saturated carbocycles. The fourth-order valence-electron chi connectivity index (χ4n) is 2.96. The van der Waals surface area contributed by atoms with Gasteiger partial charge in [0.15, 0.2) is 11.3 Å². The Kier molecular flexibility index (Phi) is 12.7. The quantitative estimate of drug-likeness (QED) is 0.154. The Morgan fingerprint density at radius 1 is 1.02 bits per heavy atom. The van der Waals surface area contributed by atoms with Gasteiger partial charge in [-0.05, 0) is 77.3 Å². The molecule has 3 N–H and O–H groups in total. The first kappa shape index (κ1) is 35.7. The number of halogens is 5. The van der Waals surface area contributed by atoms with Gasteiger partial charge in [0.1, 0.15) is 11.5 Å². The summed E-state index contributed by atoms with van der Waals surface area (Å²) in [7, 11) is 0. The maximum absolute atomic E-state index is 12.7. The number of carboxylic acids is 1. The van der Waals surface area contributed by atoms with Gasteiger partial charge in [0.25, 0.3) is 0 Å². The van der Waals surface area contributed by atoms with E-state index < -0.39 is 29.8 Å². The number of thioether (sulfide) groups is 1. The number of rotatable bonds is 9. The van der Waals surface area contributed by atoms with Gasteiger partial charge < -0.3 is 25.2 Å². The molecule has 3 aromatic rings. The number of aliphatic carboxylic acids is 1. The molecule has 0 amide bonds. The Morgan fingerprint density at radius 3 is 2.21 bits per heavy atom. The molecule has 0 aliphatic heterocycles. The molecule has 0 saturated heterocycles. The summed E-state index contributed by atoms with van der Waals surface area (Å²) >= 11 is 13.2. The highest BCUT2D eigenvalue weighted by molar-refractivity contribution is 7.98. The van der Waals surface area contributed by atoms with Crippen LogP contribution in [0.2, 0.25) is 10.0 Å². The summed E-state index contributed by atoms with van der Waals surface area (Å²) in [6.07, 6.45) is -4.01. The monoisotopic (exact) mass is 663 g/mol.